The van der Waals surface area contributed by atoms with Gasteiger partial charge in [-0.15, -0.1) is 0 Å². The summed E-state index contributed by atoms with van der Waals surface area (Å²) in [5.74, 6) is -0.0767. The highest BCUT2D eigenvalue weighted by molar-refractivity contribution is 6.00. The van der Waals surface area contributed by atoms with Crippen molar-refractivity contribution in [1.29, 1.82) is 0 Å². The van der Waals surface area contributed by atoms with Gasteiger partial charge in [-0.2, -0.15) is 0 Å². The Labute approximate surface area is 213 Å². The number of benzene rings is 1. The highest BCUT2D eigenvalue weighted by Gasteiger charge is 2.34. The first-order chi connectivity index (χ1) is 17.3. The lowest BCUT2D eigenvalue weighted by molar-refractivity contribution is -0.137. The van der Waals surface area contributed by atoms with Crippen LogP contribution < -0.4 is 4.90 Å². The molecule has 1 unspecified atom stereocenters. The first-order valence-corrected chi connectivity index (χ1v) is 13.1. The van der Waals surface area contributed by atoms with Crippen LogP contribution >= 0.6 is 0 Å². The Morgan fingerprint density at radius 2 is 1.61 bits per heavy atom. The number of aryl methyl sites for hydroxylation is 1. The Kier molecular flexibility index (Phi) is 8.01. The van der Waals surface area contributed by atoms with Crippen molar-refractivity contribution in [2.24, 2.45) is 11.8 Å². The predicted molar refractivity (Wildman–Crippen MR) is 139 cm³/mol. The molecule has 0 spiro atoms. The van der Waals surface area contributed by atoms with Gasteiger partial charge >= 0.3 is 5.97 Å². The van der Waals surface area contributed by atoms with Crippen molar-refractivity contribution in [2.45, 2.75) is 40.5 Å². The fourth-order valence-corrected chi connectivity index (χ4v) is 5.55. The number of aromatic amines is 1. The third kappa shape index (κ3) is 5.27. The molecule has 36 heavy (non-hydrogen) atoms. The Balaban J connectivity index is 1.30. The molecule has 2 aliphatic rings. The number of carbonyl (C=O) groups is 3. The smallest absolute Gasteiger partial charge is 0.340 e. The zero-order valence-electron chi connectivity index (χ0n) is 21.9. The van der Waals surface area contributed by atoms with Gasteiger partial charge in [-0.3, -0.25) is 9.59 Å². The number of rotatable bonds is 6. The maximum atomic E-state index is 13.3. The summed E-state index contributed by atoms with van der Waals surface area (Å²) in [5, 5.41) is 0. The number of ether oxygens (including phenoxy) is 1. The van der Waals surface area contributed by atoms with E-state index in [1.54, 1.807) is 20.8 Å². The number of H-pyrrole nitrogens is 1. The molecule has 4 rings (SSSR count). The number of hydrogen-bond donors (Lipinski definition) is 1. The van der Waals surface area contributed by atoms with E-state index < -0.39 is 5.97 Å². The minimum atomic E-state index is -0.404. The second-order valence-corrected chi connectivity index (χ2v) is 9.91. The number of piperazine rings is 1. The molecule has 1 N–H and O–H groups in total. The lowest BCUT2D eigenvalue weighted by atomic mass is 9.84. The topological polar surface area (TPSA) is 85.9 Å². The molecule has 8 nitrogen and oxygen atoms in total. The van der Waals surface area contributed by atoms with Gasteiger partial charge in [-0.25, -0.2) is 4.79 Å². The van der Waals surface area contributed by atoms with Crippen LogP contribution in [-0.2, 0) is 9.53 Å². The number of hydrogen-bond acceptors (Lipinski definition) is 5. The summed E-state index contributed by atoms with van der Waals surface area (Å²) in [6.45, 7) is 12.1. The molecular formula is C28H38N4O4. The first-order valence-electron chi connectivity index (χ1n) is 13.1. The van der Waals surface area contributed by atoms with Gasteiger partial charge < -0.3 is 24.4 Å². The van der Waals surface area contributed by atoms with E-state index in [1.807, 2.05) is 34.9 Å². The molecule has 2 aliphatic heterocycles. The molecule has 2 saturated heterocycles. The largest absolute Gasteiger partial charge is 0.462 e. The lowest BCUT2D eigenvalue weighted by Gasteiger charge is -2.40. The zero-order valence-corrected chi connectivity index (χ0v) is 21.9. The lowest BCUT2D eigenvalue weighted by Crippen LogP contribution is -2.51. The molecule has 8 heteroatoms. The average molecular weight is 495 g/mol. The van der Waals surface area contributed by atoms with Crippen LogP contribution in [0.25, 0.3) is 0 Å². The van der Waals surface area contributed by atoms with E-state index in [4.69, 9.17) is 4.74 Å². The first kappa shape index (κ1) is 25.8. The van der Waals surface area contributed by atoms with E-state index in [1.165, 1.54) is 5.69 Å². The number of anilines is 1. The van der Waals surface area contributed by atoms with Crippen LogP contribution in [0.1, 0.15) is 58.8 Å². The van der Waals surface area contributed by atoms with Gasteiger partial charge in [0.1, 0.15) is 5.69 Å². The van der Waals surface area contributed by atoms with Crippen molar-refractivity contribution in [3.05, 3.63) is 52.8 Å². The minimum absolute atomic E-state index is 0.0598. The number of amides is 2. The summed E-state index contributed by atoms with van der Waals surface area (Å²) >= 11 is 0. The molecule has 1 aromatic carbocycles. The molecule has 3 heterocycles. The highest BCUT2D eigenvalue weighted by Crippen LogP contribution is 2.29. The van der Waals surface area contributed by atoms with E-state index in [2.05, 4.69) is 22.0 Å². The number of esters is 1. The Hall–Kier alpha value is -3.29. The Morgan fingerprint density at radius 1 is 0.972 bits per heavy atom. The van der Waals surface area contributed by atoms with Crippen LogP contribution in [0.15, 0.2) is 30.3 Å². The van der Waals surface area contributed by atoms with Crippen molar-refractivity contribution in [3.63, 3.8) is 0 Å². The van der Waals surface area contributed by atoms with Gasteiger partial charge in [0, 0.05) is 56.6 Å². The van der Waals surface area contributed by atoms with Crippen molar-refractivity contribution in [1.82, 2.24) is 14.8 Å². The maximum Gasteiger partial charge on any atom is 0.340 e. The third-order valence-electron chi connectivity index (χ3n) is 7.77. The van der Waals surface area contributed by atoms with Gasteiger partial charge in [0.25, 0.3) is 5.91 Å². The fourth-order valence-electron chi connectivity index (χ4n) is 5.55. The van der Waals surface area contributed by atoms with E-state index in [9.17, 15) is 14.4 Å². The predicted octanol–water partition coefficient (Wildman–Crippen LogP) is 3.65. The summed E-state index contributed by atoms with van der Waals surface area (Å²) in [5.41, 5.74) is 3.39. The van der Waals surface area contributed by atoms with E-state index in [-0.39, 0.29) is 23.7 Å². The Morgan fingerprint density at radius 3 is 2.22 bits per heavy atom. The van der Waals surface area contributed by atoms with Crippen molar-refractivity contribution in [3.8, 4) is 0 Å². The molecule has 2 amide bonds. The number of nitrogens with zero attached hydrogens (tertiary/aromatic N) is 3. The second kappa shape index (κ2) is 11.2. The molecular weight excluding hydrogens is 456 g/mol. The van der Waals surface area contributed by atoms with Crippen LogP contribution in [0.2, 0.25) is 0 Å². The van der Waals surface area contributed by atoms with E-state index in [0.29, 0.717) is 42.2 Å². The second-order valence-electron chi connectivity index (χ2n) is 9.91. The molecule has 0 saturated carbocycles. The number of carbonyl (C=O) groups excluding carboxylic acids is 3. The van der Waals surface area contributed by atoms with Gasteiger partial charge in [0.05, 0.1) is 12.2 Å². The quantitative estimate of drug-likeness (QED) is 0.620. The SMILES string of the molecule is CCOC(=O)c1c(C)[nH]c(C(=O)N2CCC(C(C)C(=O)N3CCN(c4ccccc4)CC3)CC2)c1C. The summed E-state index contributed by atoms with van der Waals surface area (Å²) in [7, 11) is 0. The van der Waals surface area contributed by atoms with Crippen molar-refractivity contribution < 1.29 is 19.1 Å². The standard InChI is InChI=1S/C28H38N4O4/c1-5-36-28(35)24-20(3)25(29-21(24)4)27(34)31-13-11-22(12-14-31)19(2)26(33)32-17-15-30(16-18-32)23-9-7-6-8-10-23/h6-10,19,22,29H,5,11-18H2,1-4H3. The summed E-state index contributed by atoms with van der Waals surface area (Å²) < 4.78 is 5.15. The van der Waals surface area contributed by atoms with Gasteiger partial charge in [0.15, 0.2) is 0 Å². The van der Waals surface area contributed by atoms with E-state index >= 15 is 0 Å². The van der Waals surface area contributed by atoms with Crippen LogP contribution in [-0.4, -0.2) is 78.4 Å². The monoisotopic (exact) mass is 494 g/mol. The fraction of sp³-hybridized carbons (Fsp3) is 0.536. The van der Waals surface area contributed by atoms with Crippen LogP contribution in [0.3, 0.4) is 0 Å². The summed E-state index contributed by atoms with van der Waals surface area (Å²) in [6, 6.07) is 10.3. The van der Waals surface area contributed by atoms with Crippen LogP contribution in [0.4, 0.5) is 5.69 Å². The number of para-hydroxylation sites is 1. The third-order valence-corrected chi connectivity index (χ3v) is 7.77. The summed E-state index contributed by atoms with van der Waals surface area (Å²) in [4.78, 5) is 48.1. The van der Waals surface area contributed by atoms with Gasteiger partial charge in [-0.1, -0.05) is 25.1 Å². The van der Waals surface area contributed by atoms with Crippen LogP contribution in [0.5, 0.6) is 0 Å². The average Bonchev–Trinajstić information content (AvgIpc) is 3.21. The Bertz CT molecular complexity index is 1080. The molecule has 2 fully saturated rings. The van der Waals surface area contributed by atoms with E-state index in [0.717, 1.165) is 39.0 Å². The number of likely N-dealkylation sites (tertiary alicyclic amines) is 1. The molecule has 194 valence electrons. The zero-order chi connectivity index (χ0) is 25.8. The minimum Gasteiger partial charge on any atom is -0.462 e. The molecule has 0 bridgehead atoms. The van der Waals surface area contributed by atoms with Gasteiger partial charge in [0.2, 0.25) is 5.91 Å². The molecule has 2 aromatic rings. The molecule has 1 atom stereocenters. The van der Waals surface area contributed by atoms with Crippen molar-refractivity contribution >= 4 is 23.5 Å². The molecule has 0 aliphatic carbocycles. The van der Waals surface area contributed by atoms with Crippen molar-refractivity contribution in [2.75, 3.05) is 50.8 Å². The number of piperidine rings is 1. The van der Waals surface area contributed by atoms with Crippen LogP contribution in [0, 0.1) is 25.7 Å². The number of aromatic nitrogens is 1. The maximum absolute atomic E-state index is 13.3. The normalized spacial score (nSPS) is 17.7. The molecule has 1 aromatic heterocycles. The van der Waals surface area contributed by atoms with Gasteiger partial charge in [-0.05, 0) is 57.2 Å². The molecule has 0 radical (unpaired) electrons. The summed E-state index contributed by atoms with van der Waals surface area (Å²) in [6.07, 6.45) is 1.60. The highest BCUT2D eigenvalue weighted by atomic mass is 16.5. The number of nitrogens with one attached hydrogen (secondary N) is 1.